The lowest BCUT2D eigenvalue weighted by Gasteiger charge is -2.25. The molecule has 0 aliphatic rings. The van der Waals surface area contributed by atoms with Crippen LogP contribution in [0, 0.1) is 0 Å². The van der Waals surface area contributed by atoms with Crippen LogP contribution in [0.3, 0.4) is 0 Å². The minimum absolute atomic E-state index is 0.596. The molecular formula is C27H48O4S. The molecule has 32 heavy (non-hydrogen) atoms. The van der Waals surface area contributed by atoms with E-state index >= 15 is 0 Å². The molecule has 0 atom stereocenters. The van der Waals surface area contributed by atoms with Crippen molar-refractivity contribution in [3.05, 3.63) is 29.3 Å². The molecule has 0 aliphatic heterocycles. The van der Waals surface area contributed by atoms with Gasteiger partial charge in [-0.15, -0.1) is 0 Å². The maximum Gasteiger partial charge on any atom is 0.305 e. The van der Waals surface area contributed by atoms with Gasteiger partial charge in [-0.1, -0.05) is 103 Å². The molecule has 1 rings (SSSR count). The van der Waals surface area contributed by atoms with Crippen LogP contribution >= 0.6 is 0 Å². The summed E-state index contributed by atoms with van der Waals surface area (Å²) in [5, 5.41) is 0. The molecule has 0 fully saturated rings. The lowest BCUT2D eigenvalue weighted by Crippen LogP contribution is -2.38. The Morgan fingerprint density at radius 1 is 0.750 bits per heavy atom. The minimum atomic E-state index is -4.32. The molecule has 0 heterocycles. The first-order chi connectivity index (χ1) is 15.2. The van der Waals surface area contributed by atoms with E-state index in [0.717, 1.165) is 31.2 Å². The van der Waals surface area contributed by atoms with Crippen molar-refractivity contribution in [3.8, 4) is 5.75 Å². The zero-order chi connectivity index (χ0) is 23.9. The average Bonchev–Trinajstić information content (AvgIpc) is 2.72. The first-order valence-corrected chi connectivity index (χ1v) is 14.4. The number of aryl methyl sites for hydroxylation is 2. The molecule has 0 saturated heterocycles. The SMILES string of the molecule is CCCCCCCCCc1ccc(CCCCCCCCC)c(OC(C)(C)S(=O)(=O)O)c1. The van der Waals surface area contributed by atoms with Crippen LogP contribution in [0.25, 0.3) is 0 Å². The number of ether oxygens (including phenoxy) is 1. The molecule has 0 bridgehead atoms. The van der Waals surface area contributed by atoms with E-state index in [2.05, 4.69) is 26.0 Å². The summed E-state index contributed by atoms with van der Waals surface area (Å²) < 4.78 is 39.1. The Hall–Kier alpha value is -1.07. The highest BCUT2D eigenvalue weighted by molar-refractivity contribution is 7.87. The van der Waals surface area contributed by atoms with E-state index in [1.165, 1.54) is 96.5 Å². The van der Waals surface area contributed by atoms with Gasteiger partial charge >= 0.3 is 10.1 Å². The highest BCUT2D eigenvalue weighted by Crippen LogP contribution is 2.29. The van der Waals surface area contributed by atoms with Gasteiger partial charge in [0.2, 0.25) is 4.93 Å². The molecule has 1 aromatic rings. The highest BCUT2D eigenvalue weighted by Gasteiger charge is 2.35. The number of hydrogen-bond acceptors (Lipinski definition) is 3. The molecule has 1 aromatic carbocycles. The van der Waals surface area contributed by atoms with Crippen molar-refractivity contribution < 1.29 is 17.7 Å². The standard InChI is InChI=1S/C27H48O4S/c1-5-7-9-11-13-15-17-19-24-21-22-25(20-18-16-14-12-10-8-6-2)26(23-24)31-27(3,4)32(28,29)30/h21-23H,5-20H2,1-4H3,(H,28,29,30). The fraction of sp³-hybridized carbons (Fsp3) is 0.778. The van der Waals surface area contributed by atoms with Crippen LogP contribution < -0.4 is 4.74 Å². The zero-order valence-corrected chi connectivity index (χ0v) is 21.9. The van der Waals surface area contributed by atoms with Crippen molar-refractivity contribution in [1.29, 1.82) is 0 Å². The van der Waals surface area contributed by atoms with Gasteiger partial charge in [0.25, 0.3) is 0 Å². The van der Waals surface area contributed by atoms with Gasteiger partial charge in [-0.2, -0.15) is 8.42 Å². The van der Waals surface area contributed by atoms with E-state index in [4.69, 9.17) is 4.74 Å². The minimum Gasteiger partial charge on any atom is -0.469 e. The van der Waals surface area contributed by atoms with Crippen molar-refractivity contribution >= 4 is 10.1 Å². The zero-order valence-electron chi connectivity index (χ0n) is 21.1. The summed E-state index contributed by atoms with van der Waals surface area (Å²) in [4.78, 5) is -1.67. The Morgan fingerprint density at radius 2 is 1.22 bits per heavy atom. The normalized spacial score (nSPS) is 12.3. The van der Waals surface area contributed by atoms with Crippen LogP contribution in [0.4, 0.5) is 0 Å². The molecule has 186 valence electrons. The van der Waals surface area contributed by atoms with Crippen LogP contribution in [-0.4, -0.2) is 17.9 Å². The molecule has 4 nitrogen and oxygen atoms in total. The van der Waals surface area contributed by atoms with Gasteiger partial charge in [-0.25, -0.2) is 0 Å². The average molecular weight is 469 g/mol. The summed E-state index contributed by atoms with van der Waals surface area (Å²) >= 11 is 0. The highest BCUT2D eigenvalue weighted by atomic mass is 32.2. The molecule has 0 amide bonds. The van der Waals surface area contributed by atoms with Gasteiger partial charge in [-0.05, 0) is 56.7 Å². The number of unbranched alkanes of at least 4 members (excludes halogenated alkanes) is 12. The molecule has 0 aromatic heterocycles. The van der Waals surface area contributed by atoms with E-state index in [1.807, 2.05) is 6.07 Å². The third-order valence-corrected chi connectivity index (χ3v) is 7.55. The van der Waals surface area contributed by atoms with Gasteiger partial charge in [-0.3, -0.25) is 4.55 Å². The van der Waals surface area contributed by atoms with Crippen LogP contribution in [0.15, 0.2) is 18.2 Å². The van der Waals surface area contributed by atoms with Gasteiger partial charge < -0.3 is 4.74 Å². The number of benzene rings is 1. The van der Waals surface area contributed by atoms with Crippen LogP contribution in [0.2, 0.25) is 0 Å². The summed E-state index contributed by atoms with van der Waals surface area (Å²) in [6.45, 7) is 7.28. The lowest BCUT2D eigenvalue weighted by atomic mass is 9.99. The largest absolute Gasteiger partial charge is 0.469 e. The van der Waals surface area contributed by atoms with Gasteiger partial charge in [0.15, 0.2) is 0 Å². The quantitative estimate of drug-likeness (QED) is 0.164. The Morgan fingerprint density at radius 3 is 1.72 bits per heavy atom. The molecule has 0 radical (unpaired) electrons. The maximum atomic E-state index is 11.8. The molecule has 0 spiro atoms. The van der Waals surface area contributed by atoms with Crippen molar-refractivity contribution in [2.24, 2.45) is 0 Å². The predicted molar refractivity (Wildman–Crippen MR) is 136 cm³/mol. The second-order valence-electron chi connectivity index (χ2n) is 9.66. The Bertz CT molecular complexity index is 725. The number of hydrogen-bond donors (Lipinski definition) is 1. The Balaban J connectivity index is 2.70. The third kappa shape index (κ3) is 11.7. The molecule has 0 unspecified atom stereocenters. The lowest BCUT2D eigenvalue weighted by molar-refractivity contribution is 0.176. The van der Waals surface area contributed by atoms with Crippen molar-refractivity contribution in [2.45, 2.75) is 135 Å². The van der Waals surface area contributed by atoms with Crippen molar-refractivity contribution in [2.75, 3.05) is 0 Å². The van der Waals surface area contributed by atoms with E-state index in [-0.39, 0.29) is 0 Å². The summed E-state index contributed by atoms with van der Waals surface area (Å²) in [6, 6.07) is 6.23. The first-order valence-electron chi connectivity index (χ1n) is 13.0. The monoisotopic (exact) mass is 468 g/mol. The first kappa shape index (κ1) is 29.0. The second kappa shape index (κ2) is 15.7. The Labute approximate surface area is 198 Å². The molecule has 1 N–H and O–H groups in total. The van der Waals surface area contributed by atoms with E-state index in [0.29, 0.717) is 5.75 Å². The van der Waals surface area contributed by atoms with Crippen LogP contribution in [0.1, 0.15) is 129 Å². The third-order valence-electron chi connectivity index (χ3n) is 6.23. The fourth-order valence-electron chi connectivity index (χ4n) is 3.93. The van der Waals surface area contributed by atoms with E-state index in [1.54, 1.807) is 0 Å². The molecule has 0 aliphatic carbocycles. The van der Waals surface area contributed by atoms with Gasteiger partial charge in [0.1, 0.15) is 5.75 Å². The second-order valence-corrected chi connectivity index (χ2v) is 11.6. The van der Waals surface area contributed by atoms with Gasteiger partial charge in [0.05, 0.1) is 0 Å². The van der Waals surface area contributed by atoms with Crippen molar-refractivity contribution in [3.63, 3.8) is 0 Å². The predicted octanol–water partition coefficient (Wildman–Crippen LogP) is 8.28. The van der Waals surface area contributed by atoms with E-state index < -0.39 is 15.1 Å². The van der Waals surface area contributed by atoms with Crippen molar-refractivity contribution in [1.82, 2.24) is 0 Å². The fourth-order valence-corrected chi connectivity index (χ4v) is 4.13. The van der Waals surface area contributed by atoms with Crippen LogP contribution in [0.5, 0.6) is 5.75 Å². The molecule has 0 saturated carbocycles. The van der Waals surface area contributed by atoms with Gasteiger partial charge in [0, 0.05) is 0 Å². The topological polar surface area (TPSA) is 63.6 Å². The summed E-state index contributed by atoms with van der Waals surface area (Å²) in [6.07, 6.45) is 19.3. The van der Waals surface area contributed by atoms with Crippen LogP contribution in [-0.2, 0) is 23.0 Å². The van der Waals surface area contributed by atoms with E-state index in [9.17, 15) is 13.0 Å². The summed E-state index contributed by atoms with van der Waals surface area (Å²) in [5.41, 5.74) is 2.20. The summed E-state index contributed by atoms with van der Waals surface area (Å²) in [7, 11) is -4.32. The maximum absolute atomic E-state index is 11.8. The molecular weight excluding hydrogens is 420 g/mol. The Kier molecular flexibility index (Phi) is 14.2. The molecule has 5 heteroatoms. The summed E-state index contributed by atoms with van der Waals surface area (Å²) in [5.74, 6) is 0.596. The number of rotatable bonds is 19. The smallest absolute Gasteiger partial charge is 0.305 e.